The molecular weight excluding hydrogens is 256 g/mol. The van der Waals surface area contributed by atoms with Crippen molar-refractivity contribution >= 4 is 22.8 Å². The van der Waals surface area contributed by atoms with E-state index >= 15 is 0 Å². The van der Waals surface area contributed by atoms with Gasteiger partial charge in [0.1, 0.15) is 6.04 Å². The van der Waals surface area contributed by atoms with Gasteiger partial charge in [-0.1, -0.05) is 18.2 Å². The monoisotopic (exact) mass is 272 g/mol. The van der Waals surface area contributed by atoms with E-state index in [1.165, 1.54) is 18.9 Å². The number of aromatic nitrogens is 1. The number of pyridine rings is 1. The summed E-state index contributed by atoms with van der Waals surface area (Å²) in [6.07, 6.45) is 0. The van der Waals surface area contributed by atoms with Gasteiger partial charge in [0, 0.05) is 18.1 Å². The second kappa shape index (κ2) is 5.28. The van der Waals surface area contributed by atoms with Crippen molar-refractivity contribution in [3.8, 4) is 0 Å². The highest BCUT2D eigenvalue weighted by Crippen LogP contribution is 2.19. The highest BCUT2D eigenvalue weighted by Gasteiger charge is 2.24. The summed E-state index contributed by atoms with van der Waals surface area (Å²) in [6, 6.07) is 8.20. The van der Waals surface area contributed by atoms with Gasteiger partial charge < -0.3 is 10.0 Å². The molecule has 1 unspecified atom stereocenters. The molecule has 2 rings (SSSR count). The van der Waals surface area contributed by atoms with Crippen LogP contribution in [0.2, 0.25) is 0 Å². The van der Waals surface area contributed by atoms with E-state index in [2.05, 4.69) is 4.98 Å². The van der Waals surface area contributed by atoms with E-state index < -0.39 is 12.0 Å². The van der Waals surface area contributed by atoms with Gasteiger partial charge in [0.05, 0.1) is 11.1 Å². The number of nitrogens with zero attached hydrogens (tertiary/aromatic N) is 2. The molecule has 5 heteroatoms. The summed E-state index contributed by atoms with van der Waals surface area (Å²) in [5.74, 6) is -1.38. The molecule has 0 bridgehead atoms. The van der Waals surface area contributed by atoms with Gasteiger partial charge in [-0.25, -0.2) is 4.79 Å². The van der Waals surface area contributed by atoms with Crippen LogP contribution < -0.4 is 0 Å². The first-order chi connectivity index (χ1) is 9.41. The Labute approximate surface area is 116 Å². The molecule has 1 heterocycles. The standard InChI is InChI=1S/C15H16N2O3/c1-9-7-8-11-5-4-6-12(13(11)16-9)14(18)17(3)10(2)15(19)20/h4-8,10H,1-3H3,(H,19,20). The van der Waals surface area contributed by atoms with Crippen molar-refractivity contribution in [3.05, 3.63) is 41.6 Å². The maximum Gasteiger partial charge on any atom is 0.326 e. The van der Waals surface area contributed by atoms with Gasteiger partial charge >= 0.3 is 5.97 Å². The molecule has 1 aromatic carbocycles. The largest absolute Gasteiger partial charge is 0.480 e. The summed E-state index contributed by atoms with van der Waals surface area (Å²) in [6.45, 7) is 3.33. The number of aliphatic carboxylic acids is 1. The third kappa shape index (κ3) is 2.47. The predicted molar refractivity (Wildman–Crippen MR) is 75.7 cm³/mol. The van der Waals surface area contributed by atoms with Crippen molar-refractivity contribution in [3.63, 3.8) is 0 Å². The van der Waals surface area contributed by atoms with Crippen LogP contribution in [0.4, 0.5) is 0 Å². The minimum absolute atomic E-state index is 0.344. The zero-order valence-corrected chi connectivity index (χ0v) is 11.6. The Morgan fingerprint density at radius 3 is 2.60 bits per heavy atom. The molecular formula is C15H16N2O3. The Kier molecular flexibility index (Phi) is 3.70. The zero-order valence-electron chi connectivity index (χ0n) is 11.6. The molecule has 5 nitrogen and oxygen atoms in total. The molecule has 1 N–H and O–H groups in total. The molecule has 0 spiro atoms. The van der Waals surface area contributed by atoms with Crippen LogP contribution in [0.3, 0.4) is 0 Å². The number of carbonyl (C=O) groups excluding carboxylic acids is 1. The molecule has 0 saturated carbocycles. The summed E-state index contributed by atoms with van der Waals surface area (Å²) >= 11 is 0. The molecule has 0 fully saturated rings. The van der Waals surface area contributed by atoms with E-state index in [4.69, 9.17) is 5.11 Å². The SMILES string of the molecule is Cc1ccc2cccc(C(=O)N(C)C(C)C(=O)O)c2n1. The summed E-state index contributed by atoms with van der Waals surface area (Å²) in [5, 5.41) is 9.86. The molecule has 0 aliphatic carbocycles. The number of carboxylic acids is 1. The second-order valence-corrected chi connectivity index (χ2v) is 4.76. The van der Waals surface area contributed by atoms with Crippen LogP contribution in [0, 0.1) is 6.92 Å². The normalized spacial score (nSPS) is 12.2. The van der Waals surface area contributed by atoms with Crippen LogP contribution in [0.1, 0.15) is 23.0 Å². The van der Waals surface area contributed by atoms with Crippen molar-refractivity contribution in [1.29, 1.82) is 0 Å². The van der Waals surface area contributed by atoms with Gasteiger partial charge in [-0.15, -0.1) is 0 Å². The number of fused-ring (bicyclic) bond motifs is 1. The third-order valence-corrected chi connectivity index (χ3v) is 3.35. The Morgan fingerprint density at radius 2 is 1.95 bits per heavy atom. The van der Waals surface area contributed by atoms with Crippen LogP contribution in [0.25, 0.3) is 10.9 Å². The lowest BCUT2D eigenvalue weighted by atomic mass is 10.1. The van der Waals surface area contributed by atoms with Gasteiger partial charge in [0.15, 0.2) is 0 Å². The molecule has 104 valence electrons. The minimum atomic E-state index is -1.04. The van der Waals surface area contributed by atoms with E-state index in [0.717, 1.165) is 11.1 Å². The van der Waals surface area contributed by atoms with Crippen molar-refractivity contribution in [2.75, 3.05) is 7.05 Å². The molecule has 0 saturated heterocycles. The van der Waals surface area contributed by atoms with E-state index in [1.54, 1.807) is 12.1 Å². The molecule has 0 radical (unpaired) electrons. The van der Waals surface area contributed by atoms with Crippen LogP contribution >= 0.6 is 0 Å². The minimum Gasteiger partial charge on any atom is -0.480 e. The lowest BCUT2D eigenvalue weighted by Gasteiger charge is -2.22. The summed E-state index contributed by atoms with van der Waals surface area (Å²) in [7, 11) is 1.48. The Morgan fingerprint density at radius 1 is 1.25 bits per heavy atom. The number of aryl methyl sites for hydroxylation is 1. The number of amides is 1. The molecule has 1 aromatic heterocycles. The lowest BCUT2D eigenvalue weighted by Crippen LogP contribution is -2.40. The molecule has 0 aliphatic heterocycles. The maximum atomic E-state index is 12.4. The van der Waals surface area contributed by atoms with E-state index in [0.29, 0.717) is 11.1 Å². The number of para-hydroxylation sites is 1. The van der Waals surface area contributed by atoms with Crippen molar-refractivity contribution in [1.82, 2.24) is 9.88 Å². The molecule has 0 aliphatic rings. The number of hydrogen-bond donors (Lipinski definition) is 1. The number of benzene rings is 1. The van der Waals surface area contributed by atoms with Crippen molar-refractivity contribution in [2.24, 2.45) is 0 Å². The highest BCUT2D eigenvalue weighted by atomic mass is 16.4. The van der Waals surface area contributed by atoms with E-state index in [1.807, 2.05) is 25.1 Å². The van der Waals surface area contributed by atoms with Gasteiger partial charge in [0.2, 0.25) is 0 Å². The van der Waals surface area contributed by atoms with E-state index in [-0.39, 0.29) is 5.91 Å². The summed E-state index contributed by atoms with van der Waals surface area (Å²) in [5.41, 5.74) is 1.83. The number of carboxylic acid groups (broad SMARTS) is 1. The number of rotatable bonds is 3. The lowest BCUT2D eigenvalue weighted by molar-refractivity contribution is -0.141. The van der Waals surface area contributed by atoms with Crippen LogP contribution in [0.5, 0.6) is 0 Å². The van der Waals surface area contributed by atoms with Gasteiger partial charge in [-0.05, 0) is 26.0 Å². The average molecular weight is 272 g/mol. The van der Waals surface area contributed by atoms with Crippen LogP contribution in [0.15, 0.2) is 30.3 Å². The Hall–Kier alpha value is -2.43. The summed E-state index contributed by atoms with van der Waals surface area (Å²) < 4.78 is 0. The van der Waals surface area contributed by atoms with Gasteiger partial charge in [-0.3, -0.25) is 9.78 Å². The second-order valence-electron chi connectivity index (χ2n) is 4.76. The molecule has 20 heavy (non-hydrogen) atoms. The number of hydrogen-bond acceptors (Lipinski definition) is 3. The topological polar surface area (TPSA) is 70.5 Å². The van der Waals surface area contributed by atoms with Gasteiger partial charge in [-0.2, -0.15) is 0 Å². The quantitative estimate of drug-likeness (QED) is 0.928. The Balaban J connectivity index is 2.49. The van der Waals surface area contributed by atoms with Crippen LogP contribution in [-0.2, 0) is 4.79 Å². The summed E-state index contributed by atoms with van der Waals surface area (Å²) in [4.78, 5) is 29.0. The van der Waals surface area contributed by atoms with Gasteiger partial charge in [0.25, 0.3) is 5.91 Å². The zero-order chi connectivity index (χ0) is 14.9. The smallest absolute Gasteiger partial charge is 0.326 e. The fourth-order valence-corrected chi connectivity index (χ4v) is 1.95. The van der Waals surface area contributed by atoms with Crippen LogP contribution in [-0.4, -0.2) is 40.0 Å². The molecule has 1 atom stereocenters. The Bertz CT molecular complexity index is 682. The highest BCUT2D eigenvalue weighted by molar-refractivity contribution is 6.06. The third-order valence-electron chi connectivity index (χ3n) is 3.35. The predicted octanol–water partition coefficient (Wildman–Crippen LogP) is 2.09. The molecule has 2 aromatic rings. The number of carbonyl (C=O) groups is 2. The fourth-order valence-electron chi connectivity index (χ4n) is 1.95. The fraction of sp³-hybridized carbons (Fsp3) is 0.267. The number of likely N-dealkylation sites (N-methyl/N-ethyl adjacent to an activating group) is 1. The first kappa shape index (κ1) is 14.0. The van der Waals surface area contributed by atoms with Crippen molar-refractivity contribution < 1.29 is 14.7 Å². The first-order valence-electron chi connectivity index (χ1n) is 6.28. The maximum absolute atomic E-state index is 12.4. The molecule has 1 amide bonds. The average Bonchev–Trinajstić information content (AvgIpc) is 2.44. The van der Waals surface area contributed by atoms with E-state index in [9.17, 15) is 9.59 Å². The van der Waals surface area contributed by atoms with Crippen molar-refractivity contribution in [2.45, 2.75) is 19.9 Å². The first-order valence-corrected chi connectivity index (χ1v) is 6.28.